The number of nitrogens with one attached hydrogen (secondary N) is 2. The molecule has 2 atom stereocenters. The lowest BCUT2D eigenvalue weighted by Crippen LogP contribution is -3.09. The third-order valence-electron chi connectivity index (χ3n) is 2.03. The lowest BCUT2D eigenvalue weighted by molar-refractivity contribution is -0.860. The van der Waals surface area contributed by atoms with Gasteiger partial charge in [0.1, 0.15) is 0 Å². The van der Waals surface area contributed by atoms with Crippen LogP contribution in [0.1, 0.15) is 12.8 Å². The van der Waals surface area contributed by atoms with E-state index in [9.17, 15) is 0 Å². The zero-order valence-electron chi connectivity index (χ0n) is 6.11. The standard InChI is InChI=1S/C7H16N2/c1-8-7-4-3-5-9(2)6-7/h7-9H,2-6H2,1H3. The first kappa shape index (κ1) is 7.03. The summed E-state index contributed by atoms with van der Waals surface area (Å²) in [5.74, 6) is 0. The largest absolute Gasteiger partial charge is 0.467 e. The van der Waals surface area contributed by atoms with Crippen LogP contribution >= 0.6 is 0 Å². The minimum absolute atomic E-state index is 0.714. The monoisotopic (exact) mass is 128 g/mol. The van der Waals surface area contributed by atoms with E-state index in [1.807, 2.05) is 7.05 Å². The van der Waals surface area contributed by atoms with Crippen LogP contribution in [0.3, 0.4) is 0 Å². The summed E-state index contributed by atoms with van der Waals surface area (Å²) in [5, 5.41) is 3.27. The normalized spacial score (nSPS) is 36.7. The highest BCUT2D eigenvalue weighted by atomic mass is 15.1. The molecule has 1 rings (SSSR count). The molecular weight excluding hydrogens is 112 g/mol. The van der Waals surface area contributed by atoms with Gasteiger partial charge in [-0.3, -0.25) is 0 Å². The minimum atomic E-state index is 0.714. The molecule has 1 heterocycles. The van der Waals surface area contributed by atoms with Crippen molar-refractivity contribution in [3.8, 4) is 0 Å². The molecule has 0 amide bonds. The fourth-order valence-electron chi connectivity index (χ4n) is 1.40. The van der Waals surface area contributed by atoms with Crippen LogP contribution in [0, 0.1) is 7.05 Å². The molecule has 2 nitrogen and oxygen atoms in total. The van der Waals surface area contributed by atoms with E-state index in [1.165, 1.54) is 30.8 Å². The Balaban J connectivity index is 2.23. The number of hydrogen-bond donors (Lipinski definition) is 2. The van der Waals surface area contributed by atoms with E-state index in [0.717, 1.165) is 0 Å². The Morgan fingerprint density at radius 1 is 1.67 bits per heavy atom. The Bertz CT molecular complexity index is 83.0. The molecule has 1 aliphatic rings. The summed E-state index contributed by atoms with van der Waals surface area (Å²) in [4.78, 5) is 1.42. The third-order valence-corrected chi connectivity index (χ3v) is 2.03. The summed E-state index contributed by atoms with van der Waals surface area (Å²) >= 11 is 0. The molecule has 0 spiro atoms. The van der Waals surface area contributed by atoms with Crippen molar-refractivity contribution in [2.75, 3.05) is 20.1 Å². The molecule has 0 aromatic carbocycles. The predicted molar refractivity (Wildman–Crippen MR) is 38.1 cm³/mol. The molecule has 2 heteroatoms. The van der Waals surface area contributed by atoms with E-state index in [2.05, 4.69) is 12.4 Å². The highest BCUT2D eigenvalue weighted by Crippen LogP contribution is 1.95. The molecule has 54 valence electrons. The Kier molecular flexibility index (Phi) is 2.49. The molecule has 0 bridgehead atoms. The Morgan fingerprint density at radius 3 is 2.89 bits per heavy atom. The van der Waals surface area contributed by atoms with E-state index in [1.54, 1.807) is 0 Å². The second-order valence-electron chi connectivity index (χ2n) is 2.83. The molecular formula is C7H16N2. The van der Waals surface area contributed by atoms with Crippen LogP contribution in [0.25, 0.3) is 0 Å². The highest BCUT2D eigenvalue weighted by molar-refractivity contribution is 4.65. The van der Waals surface area contributed by atoms with Gasteiger partial charge >= 0.3 is 0 Å². The van der Waals surface area contributed by atoms with Crippen molar-refractivity contribution in [3.05, 3.63) is 7.05 Å². The van der Waals surface area contributed by atoms with Crippen LogP contribution in [0.4, 0.5) is 0 Å². The molecule has 1 saturated heterocycles. The molecule has 2 N–H and O–H groups in total. The molecule has 0 aliphatic carbocycles. The molecule has 9 heavy (non-hydrogen) atoms. The summed E-state index contributed by atoms with van der Waals surface area (Å²) in [5.41, 5.74) is 0. The number of piperidine rings is 1. The van der Waals surface area contributed by atoms with E-state index in [4.69, 9.17) is 0 Å². The Morgan fingerprint density at radius 2 is 2.44 bits per heavy atom. The third kappa shape index (κ3) is 1.95. The molecule has 0 radical (unpaired) electrons. The first-order valence-corrected chi connectivity index (χ1v) is 3.67. The van der Waals surface area contributed by atoms with Gasteiger partial charge in [0.25, 0.3) is 0 Å². The fourth-order valence-corrected chi connectivity index (χ4v) is 1.40. The summed E-state index contributed by atoms with van der Waals surface area (Å²) in [6.45, 7) is 2.44. The average molecular weight is 128 g/mol. The molecule has 1 aliphatic heterocycles. The van der Waals surface area contributed by atoms with Gasteiger partial charge in [0.15, 0.2) is 0 Å². The van der Waals surface area contributed by atoms with Gasteiger partial charge in [-0.1, -0.05) is 0 Å². The summed E-state index contributed by atoms with van der Waals surface area (Å²) in [7, 11) is 6.00. The van der Waals surface area contributed by atoms with Gasteiger partial charge in [-0.25, -0.2) is 0 Å². The van der Waals surface area contributed by atoms with Gasteiger partial charge in [-0.05, 0) is 19.9 Å². The van der Waals surface area contributed by atoms with Gasteiger partial charge in [-0.15, -0.1) is 0 Å². The van der Waals surface area contributed by atoms with Crippen molar-refractivity contribution in [1.82, 2.24) is 5.32 Å². The Hall–Kier alpha value is -0.0800. The number of rotatable bonds is 1. The van der Waals surface area contributed by atoms with Crippen molar-refractivity contribution >= 4 is 0 Å². The molecule has 0 saturated carbocycles. The zero-order chi connectivity index (χ0) is 6.69. The molecule has 0 aromatic rings. The van der Waals surface area contributed by atoms with Crippen LogP contribution in [0.15, 0.2) is 0 Å². The lowest BCUT2D eigenvalue weighted by atomic mass is 10.1. The summed E-state index contributed by atoms with van der Waals surface area (Å²) in [6.07, 6.45) is 2.65. The number of quaternary nitrogens is 1. The van der Waals surface area contributed by atoms with Crippen LogP contribution in [0.2, 0.25) is 0 Å². The molecule has 0 aromatic heterocycles. The van der Waals surface area contributed by atoms with Crippen LogP contribution in [-0.2, 0) is 0 Å². The van der Waals surface area contributed by atoms with E-state index in [0.29, 0.717) is 6.04 Å². The van der Waals surface area contributed by atoms with Crippen molar-refractivity contribution in [3.63, 3.8) is 0 Å². The fraction of sp³-hybridized carbons (Fsp3) is 0.857. The first-order valence-electron chi connectivity index (χ1n) is 3.67. The van der Waals surface area contributed by atoms with Gasteiger partial charge in [0.2, 0.25) is 0 Å². The van der Waals surface area contributed by atoms with E-state index >= 15 is 0 Å². The van der Waals surface area contributed by atoms with E-state index in [-0.39, 0.29) is 0 Å². The maximum atomic E-state index is 3.97. The van der Waals surface area contributed by atoms with Crippen molar-refractivity contribution in [1.29, 1.82) is 0 Å². The smallest absolute Gasteiger partial charge is 0.0686 e. The summed E-state index contributed by atoms with van der Waals surface area (Å²) < 4.78 is 0. The van der Waals surface area contributed by atoms with Crippen LogP contribution in [-0.4, -0.2) is 26.2 Å². The van der Waals surface area contributed by atoms with Gasteiger partial charge in [-0.2, -0.15) is 7.05 Å². The predicted octanol–water partition coefficient (Wildman–Crippen LogP) is -0.955. The maximum absolute atomic E-state index is 3.97. The van der Waals surface area contributed by atoms with Crippen LogP contribution in [0.5, 0.6) is 0 Å². The topological polar surface area (TPSA) is 16.5 Å². The number of hydrogen-bond acceptors (Lipinski definition) is 1. The number of likely N-dealkylation sites (tertiary alicyclic amines) is 1. The Labute approximate surface area is 57.2 Å². The second-order valence-corrected chi connectivity index (χ2v) is 2.83. The minimum Gasteiger partial charge on any atom is -0.467 e. The number of likely N-dealkylation sites (N-methyl/N-ethyl adjacent to an activating group) is 1. The van der Waals surface area contributed by atoms with Crippen LogP contribution < -0.4 is 10.2 Å². The first-order chi connectivity index (χ1) is 4.33. The average Bonchev–Trinajstić information content (AvgIpc) is 1.88. The maximum Gasteiger partial charge on any atom is 0.0686 e. The van der Waals surface area contributed by atoms with Crippen molar-refractivity contribution in [2.45, 2.75) is 18.9 Å². The quantitative estimate of drug-likeness (QED) is 0.435. The van der Waals surface area contributed by atoms with Crippen molar-refractivity contribution in [2.24, 2.45) is 0 Å². The van der Waals surface area contributed by atoms with E-state index < -0.39 is 0 Å². The van der Waals surface area contributed by atoms with Crippen molar-refractivity contribution < 1.29 is 4.90 Å². The molecule has 2 unspecified atom stereocenters. The zero-order valence-corrected chi connectivity index (χ0v) is 6.11. The lowest BCUT2D eigenvalue weighted by Gasteiger charge is -2.31. The SMILES string of the molecule is [CH2-][NH+]1CCCC(NC)C1. The summed E-state index contributed by atoms with van der Waals surface area (Å²) in [6, 6.07) is 0.714. The van der Waals surface area contributed by atoms with Gasteiger partial charge in [0, 0.05) is 0 Å². The van der Waals surface area contributed by atoms with Gasteiger partial charge in [0.05, 0.1) is 19.1 Å². The second kappa shape index (κ2) is 3.18. The van der Waals surface area contributed by atoms with Gasteiger partial charge < -0.3 is 10.2 Å². The highest BCUT2D eigenvalue weighted by Gasteiger charge is 2.14. The molecule has 1 fully saturated rings.